The van der Waals surface area contributed by atoms with Crippen LogP contribution < -0.4 is 5.11 Å². The summed E-state index contributed by atoms with van der Waals surface area (Å²) < 4.78 is 0. The van der Waals surface area contributed by atoms with Crippen LogP contribution in [0.1, 0.15) is 71.6 Å². The number of ketones is 1. The maximum atomic E-state index is 12.4. The number of rotatable bonds is 2. The molecule has 0 aromatic carbocycles. The smallest absolute Gasteiger partial charge is 0.139 e. The molecule has 0 aromatic rings. The minimum Gasteiger partial charge on any atom is -0.550 e. The fourth-order valence-corrected chi connectivity index (χ4v) is 7.05. The van der Waals surface area contributed by atoms with E-state index in [0.717, 1.165) is 37.7 Å². The SMILES string of the molecule is C[C@]12CC=C(CC(=O)[O-])C[C@@H]1CC[C@H]1[C@@H]2CC[C@]2(C)C(=O)CC[C@@H]12. The van der Waals surface area contributed by atoms with Crippen LogP contribution in [0, 0.1) is 34.5 Å². The summed E-state index contributed by atoms with van der Waals surface area (Å²) in [5.74, 6) is 2.18. The number of hydrogen-bond donors (Lipinski definition) is 0. The molecule has 0 aliphatic heterocycles. The van der Waals surface area contributed by atoms with Gasteiger partial charge in [0.25, 0.3) is 0 Å². The Morgan fingerprint density at radius 3 is 2.75 bits per heavy atom. The van der Waals surface area contributed by atoms with Crippen molar-refractivity contribution in [1.82, 2.24) is 0 Å². The van der Waals surface area contributed by atoms with Gasteiger partial charge in [-0.15, -0.1) is 0 Å². The molecule has 4 rings (SSSR count). The fraction of sp³-hybridized carbons (Fsp3) is 0.810. The van der Waals surface area contributed by atoms with E-state index < -0.39 is 5.97 Å². The Kier molecular flexibility index (Phi) is 3.71. The van der Waals surface area contributed by atoms with Crippen molar-refractivity contribution in [3.8, 4) is 0 Å². The molecule has 3 saturated carbocycles. The first kappa shape index (κ1) is 16.4. The predicted octanol–water partition coefficient (Wildman–Crippen LogP) is 3.27. The number of carboxylic acid groups (broad SMARTS) is 1. The first-order valence-corrected chi connectivity index (χ1v) is 9.75. The lowest BCUT2D eigenvalue weighted by Gasteiger charge is -2.59. The molecule has 0 amide bonds. The number of allylic oxidation sites excluding steroid dienone is 1. The summed E-state index contributed by atoms with van der Waals surface area (Å²) in [5, 5.41) is 10.9. The zero-order valence-electron chi connectivity index (χ0n) is 15.0. The Morgan fingerprint density at radius 1 is 1.21 bits per heavy atom. The number of fused-ring (bicyclic) bond motifs is 5. The van der Waals surface area contributed by atoms with Crippen molar-refractivity contribution >= 4 is 11.8 Å². The van der Waals surface area contributed by atoms with E-state index >= 15 is 0 Å². The number of carbonyl (C=O) groups is 2. The highest BCUT2D eigenvalue weighted by Gasteiger charge is 2.59. The lowest BCUT2D eigenvalue weighted by Crippen LogP contribution is -2.52. The van der Waals surface area contributed by atoms with E-state index in [1.165, 1.54) is 19.3 Å². The summed E-state index contributed by atoms with van der Waals surface area (Å²) >= 11 is 0. The van der Waals surface area contributed by atoms with Gasteiger partial charge in [0.1, 0.15) is 5.78 Å². The van der Waals surface area contributed by atoms with E-state index in [9.17, 15) is 14.7 Å². The van der Waals surface area contributed by atoms with Gasteiger partial charge in [-0.1, -0.05) is 25.5 Å². The van der Waals surface area contributed by atoms with Crippen molar-refractivity contribution in [2.45, 2.75) is 71.6 Å². The van der Waals surface area contributed by atoms with Crippen molar-refractivity contribution in [2.24, 2.45) is 34.5 Å². The molecule has 0 saturated heterocycles. The highest BCUT2D eigenvalue weighted by molar-refractivity contribution is 5.87. The van der Waals surface area contributed by atoms with Gasteiger partial charge in [-0.05, 0) is 74.0 Å². The first-order chi connectivity index (χ1) is 11.3. The molecule has 0 heterocycles. The minimum absolute atomic E-state index is 0.0466. The van der Waals surface area contributed by atoms with Crippen LogP contribution in [0.3, 0.4) is 0 Å². The van der Waals surface area contributed by atoms with Gasteiger partial charge >= 0.3 is 0 Å². The molecule has 3 nitrogen and oxygen atoms in total. The van der Waals surface area contributed by atoms with Gasteiger partial charge in [0.15, 0.2) is 0 Å². The zero-order valence-corrected chi connectivity index (χ0v) is 15.0. The van der Waals surface area contributed by atoms with E-state index in [0.29, 0.717) is 34.9 Å². The zero-order chi connectivity index (χ0) is 17.1. The van der Waals surface area contributed by atoms with Crippen LogP contribution in [0.4, 0.5) is 0 Å². The van der Waals surface area contributed by atoms with Crippen LogP contribution in [0.15, 0.2) is 11.6 Å². The second-order valence-electron chi connectivity index (χ2n) is 9.39. The number of hydrogen-bond acceptors (Lipinski definition) is 3. The molecule has 0 spiro atoms. The first-order valence-electron chi connectivity index (χ1n) is 9.75. The number of carbonyl (C=O) groups excluding carboxylic acids is 2. The molecule has 4 aliphatic rings. The predicted molar refractivity (Wildman–Crippen MR) is 89.8 cm³/mol. The molecule has 4 aliphatic carbocycles. The summed E-state index contributed by atoms with van der Waals surface area (Å²) in [4.78, 5) is 23.4. The quantitative estimate of drug-likeness (QED) is 0.731. The van der Waals surface area contributed by atoms with Gasteiger partial charge in [-0.3, -0.25) is 4.79 Å². The topological polar surface area (TPSA) is 57.2 Å². The molecule has 0 unspecified atom stereocenters. The van der Waals surface area contributed by atoms with Crippen molar-refractivity contribution in [3.63, 3.8) is 0 Å². The molecule has 0 bridgehead atoms. The van der Waals surface area contributed by atoms with Gasteiger partial charge in [-0.2, -0.15) is 0 Å². The third-order valence-electron chi connectivity index (χ3n) is 8.48. The average molecular weight is 329 g/mol. The molecular weight excluding hydrogens is 300 g/mol. The van der Waals surface area contributed by atoms with Crippen LogP contribution >= 0.6 is 0 Å². The maximum absolute atomic E-state index is 12.4. The van der Waals surface area contributed by atoms with Gasteiger partial charge in [0, 0.05) is 24.2 Å². The lowest BCUT2D eigenvalue weighted by molar-refractivity contribution is -0.304. The lowest BCUT2D eigenvalue weighted by atomic mass is 9.45. The summed E-state index contributed by atoms with van der Waals surface area (Å²) in [6.45, 7) is 4.68. The standard InChI is InChI=1S/C21H30O3/c1-20-9-7-13(12-19(23)24)11-14(20)3-4-15-16-5-6-18(22)21(16,2)10-8-17(15)20/h7,14-17H,3-6,8-12H2,1-2H3,(H,23,24)/p-1/t14-,15+,16-,17-,20-,21-/m0/s1. The summed E-state index contributed by atoms with van der Waals surface area (Å²) in [6.07, 6.45) is 10.8. The van der Waals surface area contributed by atoms with Crippen LogP contribution in [0.5, 0.6) is 0 Å². The van der Waals surface area contributed by atoms with E-state index in [2.05, 4.69) is 19.9 Å². The molecule has 0 radical (unpaired) electrons. The summed E-state index contributed by atoms with van der Waals surface area (Å²) in [5.41, 5.74) is 1.33. The Morgan fingerprint density at radius 2 is 2.00 bits per heavy atom. The maximum Gasteiger partial charge on any atom is 0.139 e. The molecule has 3 fully saturated rings. The van der Waals surface area contributed by atoms with Crippen LogP contribution in [0.2, 0.25) is 0 Å². The van der Waals surface area contributed by atoms with E-state index in [4.69, 9.17) is 0 Å². The minimum atomic E-state index is -0.948. The molecule has 132 valence electrons. The highest BCUT2D eigenvalue weighted by Crippen LogP contribution is 2.65. The Hall–Kier alpha value is -1.12. The van der Waals surface area contributed by atoms with Gasteiger partial charge in [-0.25, -0.2) is 0 Å². The third kappa shape index (κ3) is 2.23. The van der Waals surface area contributed by atoms with Gasteiger partial charge in [0.2, 0.25) is 0 Å². The molecular formula is C21H29O3-. The van der Waals surface area contributed by atoms with Crippen molar-refractivity contribution in [1.29, 1.82) is 0 Å². The molecule has 0 N–H and O–H groups in total. The molecule has 6 atom stereocenters. The highest BCUT2D eigenvalue weighted by atomic mass is 16.4. The summed E-state index contributed by atoms with van der Waals surface area (Å²) in [6, 6.07) is 0. The molecule has 3 heteroatoms. The number of carboxylic acids is 1. The van der Waals surface area contributed by atoms with E-state index in [-0.39, 0.29) is 11.8 Å². The van der Waals surface area contributed by atoms with Crippen LogP contribution in [-0.4, -0.2) is 11.8 Å². The second-order valence-corrected chi connectivity index (χ2v) is 9.39. The van der Waals surface area contributed by atoms with Crippen LogP contribution in [-0.2, 0) is 9.59 Å². The number of aliphatic carboxylic acids is 1. The Labute approximate surface area is 144 Å². The van der Waals surface area contributed by atoms with Gasteiger partial charge < -0.3 is 9.90 Å². The monoisotopic (exact) mass is 329 g/mol. The van der Waals surface area contributed by atoms with Crippen LogP contribution in [0.25, 0.3) is 0 Å². The van der Waals surface area contributed by atoms with Crippen molar-refractivity contribution in [2.75, 3.05) is 0 Å². The summed E-state index contributed by atoms with van der Waals surface area (Å²) in [7, 11) is 0. The van der Waals surface area contributed by atoms with Gasteiger partial charge in [0.05, 0.1) is 0 Å². The third-order valence-corrected chi connectivity index (χ3v) is 8.48. The van der Waals surface area contributed by atoms with E-state index in [1.807, 2.05) is 0 Å². The second kappa shape index (κ2) is 5.44. The van der Waals surface area contributed by atoms with Crippen molar-refractivity contribution < 1.29 is 14.7 Å². The normalized spacial score (nSPS) is 47.4. The fourth-order valence-electron chi connectivity index (χ4n) is 7.05. The Bertz CT molecular complexity index is 606. The average Bonchev–Trinajstić information content (AvgIpc) is 2.83. The van der Waals surface area contributed by atoms with E-state index in [1.54, 1.807) is 0 Å². The van der Waals surface area contributed by atoms with Crippen molar-refractivity contribution in [3.05, 3.63) is 11.6 Å². The molecule has 0 aromatic heterocycles. The largest absolute Gasteiger partial charge is 0.550 e. The molecule has 24 heavy (non-hydrogen) atoms. The Balaban J connectivity index is 1.59. The number of Topliss-reactive ketones (excluding diaryl/α,β-unsaturated/α-hetero) is 1.